The van der Waals surface area contributed by atoms with Crippen LogP contribution in [0.1, 0.15) is 0 Å². The number of para-hydroxylation sites is 1. The van der Waals surface area contributed by atoms with Crippen molar-refractivity contribution in [2.75, 3.05) is 29.5 Å². The highest BCUT2D eigenvalue weighted by molar-refractivity contribution is 7.99. The Kier molecular flexibility index (Phi) is 2.76. The molecule has 17 heavy (non-hydrogen) atoms. The van der Waals surface area contributed by atoms with E-state index in [0.717, 1.165) is 24.6 Å². The van der Waals surface area contributed by atoms with Gasteiger partial charge in [0.1, 0.15) is 5.58 Å². The number of hydrogen-bond acceptors (Lipinski definition) is 5. The van der Waals surface area contributed by atoms with Gasteiger partial charge in [0.15, 0.2) is 0 Å². The van der Waals surface area contributed by atoms with Crippen molar-refractivity contribution in [3.05, 3.63) is 34.6 Å². The molecule has 0 aliphatic carbocycles. The van der Waals surface area contributed by atoms with E-state index in [-0.39, 0.29) is 5.56 Å². The zero-order valence-corrected chi connectivity index (χ0v) is 10.1. The Bertz CT molecular complexity index is 590. The Balaban J connectivity index is 2.08. The van der Waals surface area contributed by atoms with Gasteiger partial charge in [0, 0.05) is 24.6 Å². The third kappa shape index (κ3) is 2.02. The van der Waals surface area contributed by atoms with Gasteiger partial charge < -0.3 is 9.32 Å². The van der Waals surface area contributed by atoms with Crippen molar-refractivity contribution in [3.8, 4) is 0 Å². The van der Waals surface area contributed by atoms with Crippen LogP contribution in [0.4, 0.5) is 6.01 Å². The smallest absolute Gasteiger partial charge is 0.301 e. The molecule has 0 amide bonds. The van der Waals surface area contributed by atoms with E-state index in [0.29, 0.717) is 17.0 Å². The van der Waals surface area contributed by atoms with Gasteiger partial charge in [0.2, 0.25) is 0 Å². The first kappa shape index (κ1) is 10.7. The second kappa shape index (κ2) is 4.41. The quantitative estimate of drug-likeness (QED) is 0.769. The maximum absolute atomic E-state index is 11.8. The third-order valence-electron chi connectivity index (χ3n) is 2.80. The molecular weight excluding hydrogens is 236 g/mol. The summed E-state index contributed by atoms with van der Waals surface area (Å²) in [5.74, 6) is 2.11. The van der Waals surface area contributed by atoms with Crippen molar-refractivity contribution in [1.29, 1.82) is 0 Å². The number of benzene rings is 1. The summed E-state index contributed by atoms with van der Waals surface area (Å²) < 4.78 is 5.69. The van der Waals surface area contributed by atoms with Gasteiger partial charge in [-0.2, -0.15) is 16.7 Å². The van der Waals surface area contributed by atoms with Crippen LogP contribution >= 0.6 is 11.8 Å². The fraction of sp³-hybridized carbons (Fsp3) is 0.333. The molecule has 2 aromatic rings. The molecule has 0 N–H and O–H groups in total. The van der Waals surface area contributed by atoms with Crippen molar-refractivity contribution in [1.82, 2.24) is 4.98 Å². The van der Waals surface area contributed by atoms with Crippen LogP contribution in [0.15, 0.2) is 33.5 Å². The second-order valence-electron chi connectivity index (χ2n) is 3.90. The SMILES string of the molecule is O=c1nc(N2CCSCC2)oc2ccccc12. The minimum absolute atomic E-state index is 0.208. The molecule has 0 unspecified atom stereocenters. The average Bonchev–Trinajstić information content (AvgIpc) is 2.40. The first-order valence-electron chi connectivity index (χ1n) is 5.57. The number of nitrogens with zero attached hydrogens (tertiary/aromatic N) is 2. The lowest BCUT2D eigenvalue weighted by Gasteiger charge is -2.25. The second-order valence-corrected chi connectivity index (χ2v) is 5.12. The van der Waals surface area contributed by atoms with Gasteiger partial charge >= 0.3 is 6.01 Å². The van der Waals surface area contributed by atoms with E-state index in [4.69, 9.17) is 4.42 Å². The summed E-state index contributed by atoms with van der Waals surface area (Å²) in [7, 11) is 0. The highest BCUT2D eigenvalue weighted by Crippen LogP contribution is 2.19. The van der Waals surface area contributed by atoms with Gasteiger partial charge in [0.25, 0.3) is 5.56 Å². The van der Waals surface area contributed by atoms with E-state index in [2.05, 4.69) is 4.98 Å². The van der Waals surface area contributed by atoms with E-state index < -0.39 is 0 Å². The number of aromatic nitrogens is 1. The first-order valence-corrected chi connectivity index (χ1v) is 6.73. The molecule has 0 atom stereocenters. The third-order valence-corrected chi connectivity index (χ3v) is 3.74. The Morgan fingerprint density at radius 1 is 1.24 bits per heavy atom. The standard InChI is InChI=1S/C12H12N2O2S/c15-11-9-3-1-2-4-10(9)16-12(13-11)14-5-7-17-8-6-14/h1-4H,5-8H2. The lowest BCUT2D eigenvalue weighted by atomic mass is 10.2. The average molecular weight is 248 g/mol. The van der Waals surface area contributed by atoms with Crippen molar-refractivity contribution in [3.63, 3.8) is 0 Å². The molecular formula is C12H12N2O2S. The molecule has 3 rings (SSSR count). The maximum atomic E-state index is 11.8. The predicted octanol–water partition coefficient (Wildman–Crippen LogP) is 1.74. The van der Waals surface area contributed by atoms with Gasteiger partial charge in [-0.1, -0.05) is 12.1 Å². The molecule has 1 aliphatic rings. The molecule has 2 heterocycles. The Morgan fingerprint density at radius 2 is 2.00 bits per heavy atom. The van der Waals surface area contributed by atoms with E-state index in [1.165, 1.54) is 0 Å². The maximum Gasteiger partial charge on any atom is 0.301 e. The summed E-state index contributed by atoms with van der Waals surface area (Å²) in [4.78, 5) is 17.9. The summed E-state index contributed by atoms with van der Waals surface area (Å²) in [6.07, 6.45) is 0. The van der Waals surface area contributed by atoms with Gasteiger partial charge in [-0.15, -0.1) is 0 Å². The molecule has 1 aliphatic heterocycles. The largest absolute Gasteiger partial charge is 0.425 e. The topological polar surface area (TPSA) is 46.3 Å². The summed E-state index contributed by atoms with van der Waals surface area (Å²) in [6.45, 7) is 1.78. The van der Waals surface area contributed by atoms with Gasteiger partial charge in [0.05, 0.1) is 5.39 Å². The van der Waals surface area contributed by atoms with Crippen LogP contribution in [0, 0.1) is 0 Å². The fourth-order valence-electron chi connectivity index (χ4n) is 1.89. The predicted molar refractivity (Wildman–Crippen MR) is 69.8 cm³/mol. The van der Waals surface area contributed by atoms with Crippen LogP contribution in [0.25, 0.3) is 11.0 Å². The molecule has 88 valence electrons. The van der Waals surface area contributed by atoms with Gasteiger partial charge in [-0.3, -0.25) is 4.79 Å². The number of rotatable bonds is 1. The van der Waals surface area contributed by atoms with Crippen LogP contribution < -0.4 is 10.5 Å². The van der Waals surface area contributed by atoms with Crippen LogP contribution in [0.5, 0.6) is 0 Å². The highest BCUT2D eigenvalue weighted by atomic mass is 32.2. The minimum atomic E-state index is -0.208. The fourth-order valence-corrected chi connectivity index (χ4v) is 2.79. The molecule has 0 radical (unpaired) electrons. The van der Waals surface area contributed by atoms with Crippen molar-refractivity contribution in [2.45, 2.75) is 0 Å². The molecule has 1 fully saturated rings. The Hall–Kier alpha value is -1.49. The summed E-state index contributed by atoms with van der Waals surface area (Å²) >= 11 is 1.91. The minimum Gasteiger partial charge on any atom is -0.425 e. The summed E-state index contributed by atoms with van der Waals surface area (Å²) in [5, 5.41) is 0.544. The summed E-state index contributed by atoms with van der Waals surface area (Å²) in [6, 6.07) is 7.68. The van der Waals surface area contributed by atoms with E-state index >= 15 is 0 Å². The number of fused-ring (bicyclic) bond motifs is 1. The van der Waals surface area contributed by atoms with Crippen LogP contribution in [-0.2, 0) is 0 Å². The van der Waals surface area contributed by atoms with Crippen molar-refractivity contribution < 1.29 is 4.42 Å². The number of thioether (sulfide) groups is 1. The molecule has 1 saturated heterocycles. The monoisotopic (exact) mass is 248 g/mol. The van der Waals surface area contributed by atoms with Gasteiger partial charge in [-0.05, 0) is 12.1 Å². The Labute approximate surface area is 103 Å². The van der Waals surface area contributed by atoms with E-state index in [9.17, 15) is 4.79 Å². The molecule has 1 aromatic heterocycles. The molecule has 0 spiro atoms. The number of hydrogen-bond donors (Lipinski definition) is 0. The van der Waals surface area contributed by atoms with Crippen molar-refractivity contribution in [2.24, 2.45) is 0 Å². The summed E-state index contributed by atoms with van der Waals surface area (Å²) in [5.41, 5.74) is 0.404. The normalized spacial score (nSPS) is 16.4. The highest BCUT2D eigenvalue weighted by Gasteiger charge is 2.16. The molecule has 0 saturated carbocycles. The van der Waals surface area contributed by atoms with E-state index in [1.54, 1.807) is 12.1 Å². The zero-order chi connectivity index (χ0) is 11.7. The molecule has 5 heteroatoms. The Morgan fingerprint density at radius 3 is 2.82 bits per heavy atom. The lowest BCUT2D eigenvalue weighted by Crippen LogP contribution is -2.34. The van der Waals surface area contributed by atoms with Gasteiger partial charge in [-0.25, -0.2) is 0 Å². The van der Waals surface area contributed by atoms with Crippen LogP contribution in [0.3, 0.4) is 0 Å². The van der Waals surface area contributed by atoms with Crippen molar-refractivity contribution >= 4 is 28.7 Å². The molecule has 0 bridgehead atoms. The van der Waals surface area contributed by atoms with Crippen LogP contribution in [-0.4, -0.2) is 29.6 Å². The lowest BCUT2D eigenvalue weighted by molar-refractivity contribution is 0.553. The molecule has 4 nitrogen and oxygen atoms in total. The molecule has 1 aromatic carbocycles. The zero-order valence-electron chi connectivity index (χ0n) is 9.26. The van der Waals surface area contributed by atoms with E-state index in [1.807, 2.05) is 28.8 Å². The van der Waals surface area contributed by atoms with Crippen LogP contribution in [0.2, 0.25) is 0 Å². The number of anilines is 1. The first-order chi connectivity index (χ1) is 8.34.